The molecule has 0 bridgehead atoms. The Hall–Kier alpha value is -3.11. The van der Waals surface area contributed by atoms with Crippen molar-refractivity contribution in [2.45, 2.75) is 13.0 Å². The monoisotopic (exact) mass is 342 g/mol. The Morgan fingerprint density at radius 1 is 0.923 bits per heavy atom. The number of benzene rings is 2. The van der Waals surface area contributed by atoms with E-state index in [9.17, 15) is 0 Å². The summed E-state index contributed by atoms with van der Waals surface area (Å²) in [6.45, 7) is 1.79. The van der Waals surface area contributed by atoms with Gasteiger partial charge < -0.3 is 15.6 Å². The molecule has 4 rings (SSSR count). The molecule has 0 aliphatic heterocycles. The van der Waals surface area contributed by atoms with E-state index in [-0.39, 0.29) is 0 Å². The number of nitrogens with zero attached hydrogens (tertiary/aromatic N) is 1. The maximum absolute atomic E-state index is 4.30. The van der Waals surface area contributed by atoms with Gasteiger partial charge in [-0.1, -0.05) is 36.4 Å². The second-order valence-corrected chi connectivity index (χ2v) is 6.33. The topological polar surface area (TPSA) is 52.7 Å². The van der Waals surface area contributed by atoms with Crippen LogP contribution in [0.4, 0.5) is 11.5 Å². The predicted molar refractivity (Wildman–Crippen MR) is 108 cm³/mol. The number of anilines is 2. The van der Waals surface area contributed by atoms with E-state index in [4.69, 9.17) is 0 Å². The van der Waals surface area contributed by atoms with Crippen molar-refractivity contribution < 1.29 is 0 Å². The summed E-state index contributed by atoms with van der Waals surface area (Å²) in [5.74, 6) is 0.858. The van der Waals surface area contributed by atoms with Crippen LogP contribution in [0.25, 0.3) is 10.9 Å². The maximum Gasteiger partial charge on any atom is 0.130 e. The van der Waals surface area contributed by atoms with E-state index in [0.29, 0.717) is 0 Å². The first-order valence-corrected chi connectivity index (χ1v) is 8.91. The van der Waals surface area contributed by atoms with E-state index < -0.39 is 0 Å². The molecule has 0 unspecified atom stereocenters. The highest BCUT2D eigenvalue weighted by Crippen LogP contribution is 2.18. The number of para-hydroxylation sites is 1. The number of hydrogen-bond acceptors (Lipinski definition) is 3. The molecule has 0 saturated carbocycles. The van der Waals surface area contributed by atoms with E-state index in [0.717, 1.165) is 31.0 Å². The zero-order valence-corrected chi connectivity index (χ0v) is 14.6. The maximum atomic E-state index is 4.30. The lowest BCUT2D eigenvalue weighted by atomic mass is 10.1. The minimum Gasteiger partial charge on any atom is -0.361 e. The zero-order valence-electron chi connectivity index (χ0n) is 14.6. The Bertz CT molecular complexity index is 976. The number of H-pyrrole nitrogens is 1. The zero-order chi connectivity index (χ0) is 17.6. The molecule has 130 valence electrons. The van der Waals surface area contributed by atoms with Crippen molar-refractivity contribution in [2.75, 3.05) is 11.9 Å². The van der Waals surface area contributed by atoms with Crippen LogP contribution in [0.15, 0.2) is 79.1 Å². The number of aromatic amines is 1. The Balaban J connectivity index is 1.31. The average Bonchev–Trinajstić information content (AvgIpc) is 3.10. The molecule has 0 saturated heterocycles. The minimum absolute atomic E-state index is 0.847. The van der Waals surface area contributed by atoms with Crippen molar-refractivity contribution in [2.24, 2.45) is 0 Å². The lowest BCUT2D eigenvalue weighted by Gasteiger charge is -2.09. The van der Waals surface area contributed by atoms with Crippen molar-refractivity contribution in [3.8, 4) is 0 Å². The van der Waals surface area contributed by atoms with Gasteiger partial charge in [-0.05, 0) is 54.4 Å². The van der Waals surface area contributed by atoms with Gasteiger partial charge in [-0.25, -0.2) is 4.98 Å². The van der Waals surface area contributed by atoms with E-state index in [2.05, 4.69) is 75.3 Å². The Labute approximate surface area is 153 Å². The molecule has 0 aliphatic carbocycles. The summed E-state index contributed by atoms with van der Waals surface area (Å²) in [6, 6.07) is 22.7. The largest absolute Gasteiger partial charge is 0.361 e. The van der Waals surface area contributed by atoms with Crippen LogP contribution in [0.5, 0.6) is 0 Å². The molecule has 0 fully saturated rings. The number of pyridine rings is 1. The first kappa shape index (κ1) is 16.4. The molecule has 0 radical (unpaired) electrons. The molecule has 2 aromatic carbocycles. The van der Waals surface area contributed by atoms with Crippen LogP contribution < -0.4 is 10.6 Å². The van der Waals surface area contributed by atoms with Gasteiger partial charge >= 0.3 is 0 Å². The predicted octanol–water partition coefficient (Wildman–Crippen LogP) is 4.64. The SMILES string of the molecule is c1ccc(Nc2cccc(CNCCc3c[nH]c4ccccc34)c2)nc1. The highest BCUT2D eigenvalue weighted by atomic mass is 15.0. The minimum atomic E-state index is 0.847. The fraction of sp³-hybridized carbons (Fsp3) is 0.136. The molecule has 3 N–H and O–H groups in total. The molecule has 2 aromatic heterocycles. The van der Waals surface area contributed by atoms with Crippen LogP contribution in [-0.4, -0.2) is 16.5 Å². The van der Waals surface area contributed by atoms with Gasteiger partial charge in [0.05, 0.1) is 0 Å². The molecule has 0 aliphatic rings. The van der Waals surface area contributed by atoms with Crippen molar-refractivity contribution in [3.05, 3.63) is 90.3 Å². The summed E-state index contributed by atoms with van der Waals surface area (Å²) in [5, 5.41) is 8.19. The molecule has 4 nitrogen and oxygen atoms in total. The molecule has 4 heteroatoms. The molecular formula is C22H22N4. The van der Waals surface area contributed by atoms with Gasteiger partial charge in [0.25, 0.3) is 0 Å². The Morgan fingerprint density at radius 2 is 1.85 bits per heavy atom. The van der Waals surface area contributed by atoms with Crippen molar-refractivity contribution in [1.29, 1.82) is 0 Å². The normalized spacial score (nSPS) is 10.9. The van der Waals surface area contributed by atoms with E-state index in [1.54, 1.807) is 6.20 Å². The summed E-state index contributed by atoms with van der Waals surface area (Å²) in [7, 11) is 0. The highest BCUT2D eigenvalue weighted by molar-refractivity contribution is 5.83. The second kappa shape index (κ2) is 7.85. The molecule has 2 heterocycles. The van der Waals surface area contributed by atoms with Gasteiger partial charge in [0.15, 0.2) is 0 Å². The lowest BCUT2D eigenvalue weighted by Crippen LogP contribution is -2.16. The smallest absolute Gasteiger partial charge is 0.130 e. The summed E-state index contributed by atoms with van der Waals surface area (Å²) in [5.41, 5.74) is 4.87. The van der Waals surface area contributed by atoms with Crippen LogP contribution in [0.2, 0.25) is 0 Å². The van der Waals surface area contributed by atoms with Gasteiger partial charge in [-0.3, -0.25) is 0 Å². The number of aromatic nitrogens is 2. The third kappa shape index (κ3) is 3.92. The summed E-state index contributed by atoms with van der Waals surface area (Å²) < 4.78 is 0. The quantitative estimate of drug-likeness (QED) is 0.429. The molecule has 0 amide bonds. The standard InChI is InChI=1S/C22H22N4/c1-2-9-21-20(8-1)18(16-25-21)11-13-23-15-17-6-5-7-19(14-17)26-22-10-3-4-12-24-22/h1-10,12,14,16,23,25H,11,13,15H2,(H,24,26). The third-order valence-electron chi connectivity index (χ3n) is 4.44. The number of hydrogen-bond donors (Lipinski definition) is 3. The van der Waals surface area contributed by atoms with Gasteiger partial charge in [-0.15, -0.1) is 0 Å². The van der Waals surface area contributed by atoms with Gasteiger partial charge in [0, 0.05) is 35.5 Å². The van der Waals surface area contributed by atoms with Gasteiger partial charge in [0.2, 0.25) is 0 Å². The first-order valence-electron chi connectivity index (χ1n) is 8.91. The van der Waals surface area contributed by atoms with Crippen molar-refractivity contribution in [3.63, 3.8) is 0 Å². The highest BCUT2D eigenvalue weighted by Gasteiger charge is 2.02. The van der Waals surface area contributed by atoms with Gasteiger partial charge in [-0.2, -0.15) is 0 Å². The van der Waals surface area contributed by atoms with Crippen molar-refractivity contribution >= 4 is 22.4 Å². The van der Waals surface area contributed by atoms with Crippen LogP contribution in [0.1, 0.15) is 11.1 Å². The first-order chi connectivity index (χ1) is 12.9. The number of fused-ring (bicyclic) bond motifs is 1. The summed E-state index contributed by atoms with van der Waals surface area (Å²) in [6.07, 6.45) is 4.91. The summed E-state index contributed by atoms with van der Waals surface area (Å²) in [4.78, 5) is 7.64. The fourth-order valence-electron chi connectivity index (χ4n) is 3.14. The van der Waals surface area contributed by atoms with Crippen LogP contribution in [-0.2, 0) is 13.0 Å². The number of nitrogens with one attached hydrogen (secondary N) is 3. The van der Waals surface area contributed by atoms with E-state index >= 15 is 0 Å². The Kier molecular flexibility index (Phi) is 4.94. The van der Waals surface area contributed by atoms with Crippen LogP contribution in [0, 0.1) is 0 Å². The lowest BCUT2D eigenvalue weighted by molar-refractivity contribution is 0.688. The van der Waals surface area contributed by atoms with Crippen LogP contribution >= 0.6 is 0 Å². The molecule has 0 spiro atoms. The van der Waals surface area contributed by atoms with E-state index in [1.165, 1.54) is 22.0 Å². The molecule has 26 heavy (non-hydrogen) atoms. The summed E-state index contributed by atoms with van der Waals surface area (Å²) >= 11 is 0. The Morgan fingerprint density at radius 3 is 2.77 bits per heavy atom. The molecule has 4 aromatic rings. The molecular weight excluding hydrogens is 320 g/mol. The van der Waals surface area contributed by atoms with Crippen LogP contribution in [0.3, 0.4) is 0 Å². The van der Waals surface area contributed by atoms with Crippen molar-refractivity contribution in [1.82, 2.24) is 15.3 Å². The van der Waals surface area contributed by atoms with Gasteiger partial charge in [0.1, 0.15) is 5.82 Å². The molecule has 0 atom stereocenters. The fourth-order valence-corrected chi connectivity index (χ4v) is 3.14. The average molecular weight is 342 g/mol. The number of rotatable bonds is 7. The second-order valence-electron chi connectivity index (χ2n) is 6.33. The van der Waals surface area contributed by atoms with E-state index in [1.807, 2.05) is 18.2 Å². The third-order valence-corrected chi connectivity index (χ3v) is 4.44.